The number of ether oxygens (including phenoxy) is 1. The van der Waals surface area contributed by atoms with E-state index in [4.69, 9.17) is 9.15 Å². The Morgan fingerprint density at radius 1 is 0.833 bits per heavy atom. The second-order valence-electron chi connectivity index (χ2n) is 13.0. The third-order valence-electron chi connectivity index (χ3n) is 8.95. The van der Waals surface area contributed by atoms with Crippen LogP contribution in [0.1, 0.15) is 61.4 Å². The Morgan fingerprint density at radius 2 is 1.54 bits per heavy atom. The zero-order chi connectivity index (χ0) is 33.9. The fourth-order valence-corrected chi connectivity index (χ4v) is 6.84. The van der Waals surface area contributed by atoms with Gasteiger partial charge in [-0.15, -0.1) is 0 Å². The Balaban J connectivity index is 1.23. The molecule has 8 nitrogen and oxygen atoms in total. The van der Waals surface area contributed by atoms with Crippen molar-refractivity contribution in [1.82, 2.24) is 5.32 Å². The Hall–Kier alpha value is -5.63. The van der Waals surface area contributed by atoms with Crippen molar-refractivity contribution < 1.29 is 23.5 Å². The molecule has 0 aliphatic carbocycles. The van der Waals surface area contributed by atoms with E-state index in [0.29, 0.717) is 35.7 Å². The molecule has 0 spiro atoms. The molecule has 0 radical (unpaired) electrons. The van der Waals surface area contributed by atoms with Gasteiger partial charge in [0.15, 0.2) is 6.61 Å². The van der Waals surface area contributed by atoms with Gasteiger partial charge in [-0.1, -0.05) is 61.5 Å². The van der Waals surface area contributed by atoms with Gasteiger partial charge in [-0.25, -0.2) is 0 Å². The number of anilines is 2. The van der Waals surface area contributed by atoms with E-state index in [1.807, 2.05) is 102 Å². The van der Waals surface area contributed by atoms with Crippen LogP contribution in [0.2, 0.25) is 0 Å². The molecule has 1 aliphatic rings. The fourth-order valence-electron chi connectivity index (χ4n) is 6.84. The minimum Gasteiger partial charge on any atom is -0.484 e. The minimum atomic E-state index is -0.512. The first-order valence-corrected chi connectivity index (χ1v) is 16.0. The maximum atomic E-state index is 13.4. The lowest BCUT2D eigenvalue weighted by atomic mass is 9.65. The first-order chi connectivity index (χ1) is 23.0. The summed E-state index contributed by atoms with van der Waals surface area (Å²) in [7, 11) is 0. The van der Waals surface area contributed by atoms with Gasteiger partial charge in [0, 0.05) is 34.8 Å². The fraction of sp³-hybridized carbons (Fsp3) is 0.225. The Bertz CT molecular complexity index is 1920. The van der Waals surface area contributed by atoms with Crippen molar-refractivity contribution in [3.63, 3.8) is 0 Å². The second kappa shape index (κ2) is 13.2. The minimum absolute atomic E-state index is 0.0485. The predicted molar refractivity (Wildman–Crippen MR) is 187 cm³/mol. The molecule has 5 aromatic rings. The van der Waals surface area contributed by atoms with Crippen LogP contribution in [-0.4, -0.2) is 29.9 Å². The number of hydrogen-bond donors (Lipinski definition) is 2. The lowest BCUT2D eigenvalue weighted by molar-refractivity contribution is -0.123. The van der Waals surface area contributed by atoms with E-state index < -0.39 is 11.0 Å². The van der Waals surface area contributed by atoms with Crippen molar-refractivity contribution in [2.45, 2.75) is 51.6 Å². The van der Waals surface area contributed by atoms with Gasteiger partial charge in [0.05, 0.1) is 12.8 Å². The highest BCUT2D eigenvalue weighted by atomic mass is 16.5. The molecule has 0 fully saturated rings. The van der Waals surface area contributed by atoms with Crippen LogP contribution < -0.4 is 20.3 Å². The topological polar surface area (TPSA) is 101 Å². The van der Waals surface area contributed by atoms with E-state index in [2.05, 4.69) is 31.4 Å². The molecule has 0 saturated heterocycles. The summed E-state index contributed by atoms with van der Waals surface area (Å²) in [6.45, 7) is 8.06. The Labute approximate surface area is 280 Å². The van der Waals surface area contributed by atoms with E-state index in [9.17, 15) is 14.4 Å². The molecule has 0 saturated carbocycles. The zero-order valence-corrected chi connectivity index (χ0v) is 27.6. The highest BCUT2D eigenvalue weighted by Gasteiger charge is 2.47. The summed E-state index contributed by atoms with van der Waals surface area (Å²) in [5.74, 6) is 0.713. The highest BCUT2D eigenvalue weighted by Crippen LogP contribution is 2.51. The van der Waals surface area contributed by atoms with Crippen LogP contribution in [0.5, 0.6) is 5.75 Å². The van der Waals surface area contributed by atoms with E-state index >= 15 is 0 Å². The van der Waals surface area contributed by atoms with Crippen LogP contribution in [0.4, 0.5) is 11.4 Å². The average molecular weight is 642 g/mol. The largest absolute Gasteiger partial charge is 0.484 e. The summed E-state index contributed by atoms with van der Waals surface area (Å²) in [5.41, 5.74) is 5.07. The summed E-state index contributed by atoms with van der Waals surface area (Å²) in [6, 6.07) is 34.6. The number of fused-ring (bicyclic) bond motifs is 1. The standard InChI is InChI=1S/C40H39N3O5/c1-27(44)43-36-21-18-32(42-38(46)30-14-12-29(13-15-30)28-9-6-5-7-10-28)23-35(36)40(4,26-39(43,2)3)31-16-19-33(20-17-31)48-25-37(45)41-24-34-11-8-22-47-34/h5-23H,24-26H2,1-4H3,(H,41,45)(H,42,46). The number of nitrogens with zero attached hydrogens (tertiary/aromatic N) is 1. The molecule has 3 amide bonds. The van der Waals surface area contributed by atoms with Crippen molar-refractivity contribution in [3.05, 3.63) is 138 Å². The van der Waals surface area contributed by atoms with Crippen molar-refractivity contribution in [2.24, 2.45) is 0 Å². The third kappa shape index (κ3) is 6.74. The van der Waals surface area contributed by atoms with E-state index in [1.165, 1.54) is 0 Å². The molecule has 0 bridgehead atoms. The maximum Gasteiger partial charge on any atom is 0.258 e. The SMILES string of the molecule is CC(=O)N1c2ccc(NC(=O)c3ccc(-c4ccccc4)cc3)cc2C(C)(c2ccc(OCC(=O)NCc3ccco3)cc2)CC1(C)C. The smallest absolute Gasteiger partial charge is 0.258 e. The number of rotatable bonds is 9. The van der Waals surface area contributed by atoms with Crippen molar-refractivity contribution >= 4 is 29.1 Å². The molecular weight excluding hydrogens is 602 g/mol. The van der Waals surface area contributed by atoms with Crippen LogP contribution in [-0.2, 0) is 21.5 Å². The number of benzene rings is 4. The zero-order valence-electron chi connectivity index (χ0n) is 27.6. The summed E-state index contributed by atoms with van der Waals surface area (Å²) in [4.78, 5) is 40.5. The molecule has 6 rings (SSSR count). The first-order valence-electron chi connectivity index (χ1n) is 16.0. The lowest BCUT2D eigenvalue weighted by Gasteiger charge is -2.51. The first kappa shape index (κ1) is 32.3. The maximum absolute atomic E-state index is 13.4. The lowest BCUT2D eigenvalue weighted by Crippen LogP contribution is -2.55. The van der Waals surface area contributed by atoms with E-state index in [-0.39, 0.29) is 24.3 Å². The summed E-state index contributed by atoms with van der Waals surface area (Å²) >= 11 is 0. The monoisotopic (exact) mass is 641 g/mol. The molecular formula is C40H39N3O5. The Morgan fingerprint density at radius 3 is 2.21 bits per heavy atom. The molecule has 48 heavy (non-hydrogen) atoms. The van der Waals surface area contributed by atoms with Gasteiger partial charge in [-0.05, 0) is 97.1 Å². The van der Waals surface area contributed by atoms with Gasteiger partial charge < -0.3 is 24.7 Å². The van der Waals surface area contributed by atoms with Crippen molar-refractivity contribution in [1.29, 1.82) is 0 Å². The van der Waals surface area contributed by atoms with Gasteiger partial charge in [-0.2, -0.15) is 0 Å². The van der Waals surface area contributed by atoms with Crippen molar-refractivity contribution in [2.75, 3.05) is 16.8 Å². The molecule has 2 heterocycles. The predicted octanol–water partition coefficient (Wildman–Crippen LogP) is 7.74. The van der Waals surface area contributed by atoms with Gasteiger partial charge in [0.1, 0.15) is 11.5 Å². The quantitative estimate of drug-likeness (QED) is 0.172. The van der Waals surface area contributed by atoms with Crippen LogP contribution >= 0.6 is 0 Å². The average Bonchev–Trinajstić information content (AvgIpc) is 3.61. The molecule has 4 aromatic carbocycles. The molecule has 244 valence electrons. The third-order valence-corrected chi connectivity index (χ3v) is 8.95. The van der Waals surface area contributed by atoms with Gasteiger partial charge in [-0.3, -0.25) is 14.4 Å². The van der Waals surface area contributed by atoms with E-state index in [0.717, 1.165) is 27.9 Å². The number of furan rings is 1. The van der Waals surface area contributed by atoms with Gasteiger partial charge >= 0.3 is 0 Å². The second-order valence-corrected chi connectivity index (χ2v) is 13.0. The van der Waals surface area contributed by atoms with Gasteiger partial charge in [0.2, 0.25) is 5.91 Å². The summed E-state index contributed by atoms with van der Waals surface area (Å²) in [6.07, 6.45) is 2.20. The molecule has 1 unspecified atom stereocenters. The van der Waals surface area contributed by atoms with Gasteiger partial charge in [0.25, 0.3) is 11.8 Å². The molecule has 8 heteroatoms. The number of amides is 3. The van der Waals surface area contributed by atoms with Crippen LogP contribution in [0, 0.1) is 0 Å². The number of carbonyl (C=O) groups is 3. The summed E-state index contributed by atoms with van der Waals surface area (Å²) < 4.78 is 11.0. The van der Waals surface area contributed by atoms with Crippen LogP contribution in [0.3, 0.4) is 0 Å². The number of hydrogen-bond acceptors (Lipinski definition) is 5. The molecule has 1 aromatic heterocycles. The number of nitrogens with one attached hydrogen (secondary N) is 2. The Kier molecular flexibility index (Phi) is 8.91. The van der Waals surface area contributed by atoms with Crippen LogP contribution in [0.15, 0.2) is 120 Å². The summed E-state index contributed by atoms with van der Waals surface area (Å²) in [5, 5.41) is 5.85. The molecule has 2 N–H and O–H groups in total. The molecule has 1 atom stereocenters. The number of carbonyl (C=O) groups excluding carboxylic acids is 3. The highest BCUT2D eigenvalue weighted by molar-refractivity contribution is 6.05. The van der Waals surface area contributed by atoms with Crippen LogP contribution in [0.25, 0.3) is 11.1 Å². The van der Waals surface area contributed by atoms with Crippen molar-refractivity contribution in [3.8, 4) is 16.9 Å². The van der Waals surface area contributed by atoms with E-state index in [1.54, 1.807) is 25.3 Å². The molecule has 1 aliphatic heterocycles. The normalized spacial score (nSPS) is 16.5.